The molecular formula is C19H35FOSi. The minimum Gasteiger partial charge on any atom is -0.351 e. The molecule has 0 bridgehead atoms. The fourth-order valence-corrected chi connectivity index (χ4v) is 8.47. The Labute approximate surface area is 138 Å². The summed E-state index contributed by atoms with van der Waals surface area (Å²) >= 11 is 0. The third-order valence-electron chi connectivity index (χ3n) is 4.42. The quantitative estimate of drug-likeness (QED) is 0.165. The van der Waals surface area contributed by atoms with Gasteiger partial charge in [0.15, 0.2) is 6.86 Å². The Morgan fingerprint density at radius 2 is 1.14 bits per heavy atom. The number of hydrogen-bond acceptors (Lipinski definition) is 1. The predicted molar refractivity (Wildman–Crippen MR) is 99.8 cm³/mol. The van der Waals surface area contributed by atoms with Crippen molar-refractivity contribution in [3.8, 4) is 0 Å². The van der Waals surface area contributed by atoms with Gasteiger partial charge in [-0.1, -0.05) is 61.7 Å². The van der Waals surface area contributed by atoms with E-state index in [2.05, 4.69) is 19.7 Å². The highest BCUT2D eigenvalue weighted by molar-refractivity contribution is 6.79. The highest BCUT2D eigenvalue weighted by Gasteiger charge is 2.30. The SMILES string of the molecule is C=CCCC[Si](CCCC=C)(CCCC=C)CCCOCF. The van der Waals surface area contributed by atoms with Crippen LogP contribution >= 0.6 is 0 Å². The van der Waals surface area contributed by atoms with Crippen molar-refractivity contribution in [1.29, 1.82) is 0 Å². The van der Waals surface area contributed by atoms with Crippen LogP contribution in [0.3, 0.4) is 0 Å². The van der Waals surface area contributed by atoms with Gasteiger partial charge in [-0.15, -0.1) is 19.7 Å². The minimum absolute atomic E-state index is 0.565. The first-order valence-electron chi connectivity index (χ1n) is 8.71. The van der Waals surface area contributed by atoms with E-state index in [4.69, 9.17) is 4.74 Å². The molecule has 0 saturated heterocycles. The number of allylic oxidation sites excluding steroid dienone is 3. The largest absolute Gasteiger partial charge is 0.351 e. The summed E-state index contributed by atoms with van der Waals surface area (Å²) in [6.45, 7) is 11.4. The van der Waals surface area contributed by atoms with Crippen molar-refractivity contribution in [3.63, 3.8) is 0 Å². The Hall–Kier alpha value is -0.673. The normalized spacial score (nSPS) is 11.3. The lowest BCUT2D eigenvalue weighted by Gasteiger charge is -2.32. The Kier molecular flexibility index (Phi) is 14.8. The standard InChI is InChI=1S/C19H35FOSi/c1-4-7-10-15-22(16-11-8-5-2,17-12-9-6-3)18-13-14-21-19-20/h4-6H,1-3,7-19H2. The molecule has 0 aromatic carbocycles. The van der Waals surface area contributed by atoms with Crippen LogP contribution in [0.4, 0.5) is 4.39 Å². The molecule has 0 spiro atoms. The van der Waals surface area contributed by atoms with E-state index >= 15 is 0 Å². The van der Waals surface area contributed by atoms with Crippen LogP contribution in [-0.2, 0) is 4.74 Å². The molecule has 0 N–H and O–H groups in total. The van der Waals surface area contributed by atoms with Crippen LogP contribution in [0.2, 0.25) is 24.2 Å². The molecule has 0 aromatic heterocycles. The van der Waals surface area contributed by atoms with Crippen LogP contribution in [0.1, 0.15) is 44.9 Å². The van der Waals surface area contributed by atoms with E-state index < -0.39 is 14.9 Å². The van der Waals surface area contributed by atoms with Gasteiger partial charge in [-0.05, 0) is 25.7 Å². The lowest BCUT2D eigenvalue weighted by molar-refractivity contribution is 0.0583. The van der Waals surface area contributed by atoms with E-state index in [0.717, 1.165) is 25.7 Å². The topological polar surface area (TPSA) is 9.23 Å². The van der Waals surface area contributed by atoms with Gasteiger partial charge in [-0.25, -0.2) is 4.39 Å². The Morgan fingerprint density at radius 3 is 1.50 bits per heavy atom. The van der Waals surface area contributed by atoms with Gasteiger partial charge in [-0.3, -0.25) is 0 Å². The second kappa shape index (κ2) is 15.2. The number of hydrogen-bond donors (Lipinski definition) is 0. The maximum atomic E-state index is 12.1. The molecule has 22 heavy (non-hydrogen) atoms. The zero-order valence-electron chi connectivity index (χ0n) is 14.3. The minimum atomic E-state index is -1.30. The molecule has 0 fully saturated rings. The fourth-order valence-electron chi connectivity index (χ4n) is 3.22. The predicted octanol–water partition coefficient (Wildman–Crippen LogP) is 6.67. The molecule has 0 atom stereocenters. The van der Waals surface area contributed by atoms with Gasteiger partial charge in [0.2, 0.25) is 0 Å². The molecular weight excluding hydrogens is 291 g/mol. The lowest BCUT2D eigenvalue weighted by Crippen LogP contribution is -2.34. The van der Waals surface area contributed by atoms with E-state index in [0.29, 0.717) is 6.61 Å². The summed E-state index contributed by atoms with van der Waals surface area (Å²) in [5.74, 6) is 0. The molecule has 3 heteroatoms. The summed E-state index contributed by atoms with van der Waals surface area (Å²) in [5.41, 5.74) is 0. The third-order valence-corrected chi connectivity index (χ3v) is 10.1. The van der Waals surface area contributed by atoms with Gasteiger partial charge in [0.05, 0.1) is 8.07 Å². The number of rotatable bonds is 17. The molecule has 0 saturated carbocycles. The highest BCUT2D eigenvalue weighted by Crippen LogP contribution is 2.33. The first-order valence-corrected chi connectivity index (χ1v) is 11.5. The second-order valence-electron chi connectivity index (χ2n) is 6.16. The molecule has 0 rings (SSSR count). The van der Waals surface area contributed by atoms with Gasteiger partial charge < -0.3 is 4.74 Å². The molecule has 0 aliphatic heterocycles. The monoisotopic (exact) mass is 326 g/mol. The number of ether oxygens (including phenoxy) is 1. The van der Waals surface area contributed by atoms with Gasteiger partial charge in [0.1, 0.15) is 0 Å². The maximum absolute atomic E-state index is 12.1. The van der Waals surface area contributed by atoms with Gasteiger partial charge in [0, 0.05) is 6.61 Å². The molecule has 1 nitrogen and oxygen atoms in total. The number of unbranched alkanes of at least 4 members (excludes halogenated alkanes) is 3. The van der Waals surface area contributed by atoms with E-state index in [1.54, 1.807) is 0 Å². The molecule has 0 radical (unpaired) electrons. The van der Waals surface area contributed by atoms with E-state index in [-0.39, 0.29) is 0 Å². The van der Waals surface area contributed by atoms with Crippen molar-refractivity contribution >= 4 is 8.07 Å². The summed E-state index contributed by atoms with van der Waals surface area (Å²) in [6, 6.07) is 5.35. The molecule has 128 valence electrons. The summed E-state index contributed by atoms with van der Waals surface area (Å²) in [7, 11) is -1.30. The molecule has 0 aromatic rings. The molecule has 0 amide bonds. The van der Waals surface area contributed by atoms with Gasteiger partial charge in [0.25, 0.3) is 0 Å². The van der Waals surface area contributed by atoms with E-state index in [1.165, 1.54) is 43.4 Å². The van der Waals surface area contributed by atoms with Crippen LogP contribution in [0, 0.1) is 0 Å². The zero-order valence-corrected chi connectivity index (χ0v) is 15.3. The molecule has 0 aliphatic rings. The van der Waals surface area contributed by atoms with Crippen molar-refractivity contribution < 1.29 is 9.13 Å². The smallest absolute Gasteiger partial charge is 0.188 e. The Morgan fingerprint density at radius 1 is 0.727 bits per heavy atom. The van der Waals surface area contributed by atoms with Crippen molar-refractivity contribution in [3.05, 3.63) is 38.0 Å². The van der Waals surface area contributed by atoms with Crippen molar-refractivity contribution in [2.75, 3.05) is 13.5 Å². The third kappa shape index (κ3) is 11.0. The zero-order chi connectivity index (χ0) is 16.5. The second-order valence-corrected chi connectivity index (χ2v) is 11.2. The summed E-state index contributed by atoms with van der Waals surface area (Å²) in [4.78, 5) is 0. The van der Waals surface area contributed by atoms with Crippen LogP contribution in [-0.4, -0.2) is 21.5 Å². The highest BCUT2D eigenvalue weighted by atomic mass is 28.3. The van der Waals surface area contributed by atoms with Crippen LogP contribution in [0.25, 0.3) is 0 Å². The lowest BCUT2D eigenvalue weighted by atomic mass is 10.3. The van der Waals surface area contributed by atoms with Gasteiger partial charge >= 0.3 is 0 Å². The van der Waals surface area contributed by atoms with Crippen LogP contribution in [0.15, 0.2) is 38.0 Å². The average Bonchev–Trinajstić information content (AvgIpc) is 2.52. The van der Waals surface area contributed by atoms with Crippen molar-refractivity contribution in [2.24, 2.45) is 0 Å². The summed E-state index contributed by atoms with van der Waals surface area (Å²) < 4.78 is 17.0. The van der Waals surface area contributed by atoms with E-state index in [1.807, 2.05) is 18.2 Å². The Balaban J connectivity index is 4.63. The first-order chi connectivity index (χ1) is 10.7. The summed E-state index contributed by atoms with van der Waals surface area (Å²) in [5, 5.41) is 0. The van der Waals surface area contributed by atoms with Crippen LogP contribution in [0.5, 0.6) is 0 Å². The number of alkyl halides is 1. The summed E-state index contributed by atoms with van der Waals surface area (Å²) in [6.07, 6.45) is 14.2. The average molecular weight is 327 g/mol. The molecule has 0 unspecified atom stereocenters. The van der Waals surface area contributed by atoms with Crippen molar-refractivity contribution in [2.45, 2.75) is 69.1 Å². The van der Waals surface area contributed by atoms with Crippen LogP contribution < -0.4 is 0 Å². The maximum Gasteiger partial charge on any atom is 0.188 e. The van der Waals surface area contributed by atoms with Gasteiger partial charge in [-0.2, -0.15) is 0 Å². The molecule has 0 heterocycles. The molecule has 0 aliphatic carbocycles. The number of halogens is 1. The Bertz CT molecular complexity index is 255. The van der Waals surface area contributed by atoms with Crippen molar-refractivity contribution in [1.82, 2.24) is 0 Å². The first kappa shape index (κ1) is 21.3. The fraction of sp³-hybridized carbons (Fsp3) is 0.684. The van der Waals surface area contributed by atoms with E-state index in [9.17, 15) is 4.39 Å².